The number of piperazine rings is 1. The van der Waals surface area contributed by atoms with Crippen LogP contribution < -0.4 is 0 Å². The summed E-state index contributed by atoms with van der Waals surface area (Å²) in [4.78, 5) is 15.3. The number of carboxylic acid groups (broad SMARTS) is 1. The van der Waals surface area contributed by atoms with E-state index in [9.17, 15) is 4.79 Å². The van der Waals surface area contributed by atoms with Crippen molar-refractivity contribution in [1.82, 2.24) is 9.80 Å². The van der Waals surface area contributed by atoms with Gasteiger partial charge in [-0.15, -0.1) is 24.8 Å². The molecule has 0 radical (unpaired) electrons. The molecule has 2 aromatic carbocycles. The standard InChI is InChI=1S/C23H29ClN2O4.2ClH/c24-21-8-6-20(7-9-21)23(19-4-2-1-3-5-19)26-12-10-25(11-13-26)14-15-29-16-17-30-18-22(27)28;;/h1-9,23H,10-18H2,(H,27,28);2*1H. The molecule has 0 saturated carbocycles. The molecule has 0 spiro atoms. The van der Waals surface area contributed by atoms with Crippen molar-refractivity contribution >= 4 is 42.4 Å². The Morgan fingerprint density at radius 2 is 1.47 bits per heavy atom. The minimum Gasteiger partial charge on any atom is -0.480 e. The van der Waals surface area contributed by atoms with Crippen LogP contribution in [0.2, 0.25) is 5.02 Å². The molecular formula is C23H31Cl3N2O4. The minimum absolute atomic E-state index is 0. The topological polar surface area (TPSA) is 62.2 Å². The third-order valence-electron chi connectivity index (χ3n) is 5.22. The van der Waals surface area contributed by atoms with Crippen molar-refractivity contribution in [2.24, 2.45) is 0 Å². The fourth-order valence-electron chi connectivity index (χ4n) is 3.71. The summed E-state index contributed by atoms with van der Waals surface area (Å²) in [5, 5.41) is 9.28. The number of ether oxygens (including phenoxy) is 2. The number of rotatable bonds is 11. The van der Waals surface area contributed by atoms with Gasteiger partial charge in [0.1, 0.15) is 6.61 Å². The molecule has 1 atom stereocenters. The summed E-state index contributed by atoms with van der Waals surface area (Å²) in [5.74, 6) is -0.958. The van der Waals surface area contributed by atoms with Gasteiger partial charge < -0.3 is 14.6 Å². The van der Waals surface area contributed by atoms with Crippen molar-refractivity contribution in [3.05, 3.63) is 70.7 Å². The van der Waals surface area contributed by atoms with Crippen LogP contribution in [-0.4, -0.2) is 80.0 Å². The van der Waals surface area contributed by atoms with Gasteiger partial charge >= 0.3 is 5.97 Å². The number of carboxylic acids is 1. The first-order valence-electron chi connectivity index (χ1n) is 10.3. The van der Waals surface area contributed by atoms with E-state index in [0.29, 0.717) is 19.8 Å². The summed E-state index contributed by atoms with van der Waals surface area (Å²) in [6.07, 6.45) is 0. The first-order valence-corrected chi connectivity index (χ1v) is 10.7. The minimum atomic E-state index is -0.958. The van der Waals surface area contributed by atoms with Crippen LogP contribution >= 0.6 is 36.4 Å². The lowest BCUT2D eigenvalue weighted by molar-refractivity contribution is -0.142. The lowest BCUT2D eigenvalue weighted by Gasteiger charge is -2.39. The maximum atomic E-state index is 10.4. The van der Waals surface area contributed by atoms with Gasteiger partial charge in [0.05, 0.1) is 25.9 Å². The van der Waals surface area contributed by atoms with E-state index >= 15 is 0 Å². The molecule has 2 aromatic rings. The Labute approximate surface area is 207 Å². The summed E-state index contributed by atoms with van der Waals surface area (Å²) < 4.78 is 10.5. The predicted octanol–water partition coefficient (Wildman–Crippen LogP) is 4.01. The van der Waals surface area contributed by atoms with Gasteiger partial charge in [0.25, 0.3) is 0 Å². The van der Waals surface area contributed by atoms with Crippen LogP contribution in [0, 0.1) is 0 Å². The molecule has 1 fully saturated rings. The smallest absolute Gasteiger partial charge is 0.329 e. The van der Waals surface area contributed by atoms with Crippen LogP contribution in [0.5, 0.6) is 0 Å². The number of hydrogen-bond acceptors (Lipinski definition) is 5. The first kappa shape index (κ1) is 28.7. The number of nitrogens with zero attached hydrogens (tertiary/aromatic N) is 2. The Kier molecular flexibility index (Phi) is 13.8. The lowest BCUT2D eigenvalue weighted by Crippen LogP contribution is -2.48. The fraction of sp³-hybridized carbons (Fsp3) is 0.435. The van der Waals surface area contributed by atoms with Gasteiger partial charge in [-0.3, -0.25) is 9.80 Å². The van der Waals surface area contributed by atoms with E-state index in [-0.39, 0.29) is 37.5 Å². The second kappa shape index (κ2) is 15.5. The summed E-state index contributed by atoms with van der Waals surface area (Å²) in [6.45, 7) is 5.85. The second-order valence-electron chi connectivity index (χ2n) is 7.30. The highest BCUT2D eigenvalue weighted by Crippen LogP contribution is 2.30. The molecule has 1 unspecified atom stereocenters. The van der Waals surface area contributed by atoms with Gasteiger partial charge in [-0.1, -0.05) is 54.1 Å². The number of benzene rings is 2. The highest BCUT2D eigenvalue weighted by atomic mass is 35.5. The van der Waals surface area contributed by atoms with Crippen molar-refractivity contribution in [3.8, 4) is 0 Å². The largest absolute Gasteiger partial charge is 0.480 e. The Balaban J connectivity index is 0.00000256. The summed E-state index contributed by atoms with van der Waals surface area (Å²) in [5.41, 5.74) is 2.54. The van der Waals surface area contributed by atoms with Crippen molar-refractivity contribution in [1.29, 1.82) is 0 Å². The van der Waals surface area contributed by atoms with Crippen molar-refractivity contribution in [2.45, 2.75) is 6.04 Å². The van der Waals surface area contributed by atoms with E-state index in [2.05, 4.69) is 46.2 Å². The van der Waals surface area contributed by atoms with Crippen LogP contribution in [0.4, 0.5) is 0 Å². The zero-order chi connectivity index (χ0) is 21.2. The second-order valence-corrected chi connectivity index (χ2v) is 7.74. The van der Waals surface area contributed by atoms with E-state index in [1.54, 1.807) is 0 Å². The number of hydrogen-bond donors (Lipinski definition) is 1. The lowest BCUT2D eigenvalue weighted by atomic mass is 9.96. The van der Waals surface area contributed by atoms with Crippen LogP contribution in [0.15, 0.2) is 54.6 Å². The van der Waals surface area contributed by atoms with Gasteiger partial charge in [-0.2, -0.15) is 0 Å². The van der Waals surface area contributed by atoms with Gasteiger partial charge in [0.2, 0.25) is 0 Å². The molecule has 1 heterocycles. The van der Waals surface area contributed by atoms with E-state index in [0.717, 1.165) is 37.7 Å². The molecule has 0 aliphatic carbocycles. The molecule has 32 heavy (non-hydrogen) atoms. The summed E-state index contributed by atoms with van der Waals surface area (Å²) >= 11 is 6.10. The van der Waals surface area contributed by atoms with Gasteiger partial charge in [0.15, 0.2) is 0 Å². The number of halogens is 3. The molecule has 0 bridgehead atoms. The molecule has 1 aliphatic rings. The molecule has 0 aromatic heterocycles. The maximum absolute atomic E-state index is 10.4. The Morgan fingerprint density at radius 3 is 2.09 bits per heavy atom. The van der Waals surface area contributed by atoms with Gasteiger partial charge in [0, 0.05) is 37.7 Å². The average molecular weight is 506 g/mol. The molecule has 1 saturated heterocycles. The Bertz CT molecular complexity index is 773. The maximum Gasteiger partial charge on any atom is 0.329 e. The first-order chi connectivity index (χ1) is 14.6. The number of carbonyl (C=O) groups is 1. The molecule has 178 valence electrons. The van der Waals surface area contributed by atoms with E-state index in [4.69, 9.17) is 26.2 Å². The van der Waals surface area contributed by atoms with Crippen molar-refractivity contribution in [2.75, 3.05) is 59.2 Å². The van der Waals surface area contributed by atoms with Gasteiger partial charge in [-0.25, -0.2) is 4.79 Å². The van der Waals surface area contributed by atoms with Crippen LogP contribution in [-0.2, 0) is 14.3 Å². The van der Waals surface area contributed by atoms with Crippen molar-refractivity contribution in [3.63, 3.8) is 0 Å². The number of aliphatic carboxylic acids is 1. The highest BCUT2D eigenvalue weighted by Gasteiger charge is 2.26. The summed E-state index contributed by atoms with van der Waals surface area (Å²) in [7, 11) is 0. The van der Waals surface area contributed by atoms with Crippen LogP contribution in [0.1, 0.15) is 17.2 Å². The SMILES string of the molecule is Cl.Cl.O=C(O)COCCOCCN1CCN(C(c2ccccc2)c2ccc(Cl)cc2)CC1. The molecule has 6 nitrogen and oxygen atoms in total. The van der Waals surface area contributed by atoms with E-state index in [1.807, 2.05) is 18.2 Å². The molecule has 1 aliphatic heterocycles. The predicted molar refractivity (Wildman–Crippen MR) is 132 cm³/mol. The van der Waals surface area contributed by atoms with Crippen molar-refractivity contribution < 1.29 is 19.4 Å². The third-order valence-corrected chi connectivity index (χ3v) is 5.47. The normalized spacial score (nSPS) is 15.4. The highest BCUT2D eigenvalue weighted by molar-refractivity contribution is 6.30. The van der Waals surface area contributed by atoms with E-state index < -0.39 is 5.97 Å². The fourth-order valence-corrected chi connectivity index (χ4v) is 3.84. The Morgan fingerprint density at radius 1 is 0.875 bits per heavy atom. The monoisotopic (exact) mass is 504 g/mol. The molecular weight excluding hydrogens is 475 g/mol. The third kappa shape index (κ3) is 9.24. The quantitative estimate of drug-likeness (QED) is 0.466. The molecule has 0 amide bonds. The van der Waals surface area contributed by atoms with E-state index in [1.165, 1.54) is 11.1 Å². The molecule has 9 heteroatoms. The zero-order valence-electron chi connectivity index (χ0n) is 17.9. The average Bonchev–Trinajstić information content (AvgIpc) is 2.76. The molecule has 1 N–H and O–H groups in total. The van der Waals surface area contributed by atoms with Crippen LogP contribution in [0.3, 0.4) is 0 Å². The zero-order valence-corrected chi connectivity index (χ0v) is 20.3. The Hall–Kier alpha value is -1.38. The van der Waals surface area contributed by atoms with Crippen LogP contribution in [0.25, 0.3) is 0 Å². The van der Waals surface area contributed by atoms with Gasteiger partial charge in [-0.05, 0) is 23.3 Å². The molecule has 3 rings (SSSR count). The summed E-state index contributed by atoms with van der Waals surface area (Å²) in [6, 6.07) is 19.0.